The van der Waals surface area contributed by atoms with Crippen LogP contribution in [-0.4, -0.2) is 30.1 Å². The van der Waals surface area contributed by atoms with Crippen LogP contribution in [0.25, 0.3) is 0 Å². The highest BCUT2D eigenvalue weighted by atomic mass is 19.2. The van der Waals surface area contributed by atoms with Gasteiger partial charge in [-0.3, -0.25) is 10.1 Å². The van der Waals surface area contributed by atoms with Crippen molar-refractivity contribution in [3.8, 4) is 0 Å². The van der Waals surface area contributed by atoms with E-state index < -0.39 is 28.6 Å². The SMILES string of the molecule is CCOC(=O)c1cc(NC2CCOC2c2ccc(F)c(F)c2)ccc1[N+](=O)[O-]. The summed E-state index contributed by atoms with van der Waals surface area (Å²) in [6.45, 7) is 2.09. The van der Waals surface area contributed by atoms with E-state index in [-0.39, 0.29) is 23.9 Å². The lowest BCUT2D eigenvalue weighted by molar-refractivity contribution is -0.385. The molecule has 0 saturated carbocycles. The van der Waals surface area contributed by atoms with Crippen LogP contribution in [0.2, 0.25) is 0 Å². The minimum Gasteiger partial charge on any atom is -0.462 e. The number of hydrogen-bond donors (Lipinski definition) is 1. The van der Waals surface area contributed by atoms with Gasteiger partial charge in [0.25, 0.3) is 5.69 Å². The monoisotopic (exact) mass is 392 g/mol. The quantitative estimate of drug-likeness (QED) is 0.454. The molecular formula is C19H18F2N2O5. The van der Waals surface area contributed by atoms with Crippen molar-refractivity contribution in [1.82, 2.24) is 0 Å². The number of nitrogens with zero attached hydrogens (tertiary/aromatic N) is 1. The zero-order chi connectivity index (χ0) is 20.3. The van der Waals surface area contributed by atoms with Gasteiger partial charge in [0.2, 0.25) is 0 Å². The van der Waals surface area contributed by atoms with Gasteiger partial charge in [0.15, 0.2) is 11.6 Å². The first-order valence-corrected chi connectivity index (χ1v) is 8.69. The van der Waals surface area contributed by atoms with Gasteiger partial charge in [-0.25, -0.2) is 13.6 Å². The highest BCUT2D eigenvalue weighted by molar-refractivity contribution is 5.95. The van der Waals surface area contributed by atoms with Gasteiger partial charge < -0.3 is 14.8 Å². The molecule has 0 radical (unpaired) electrons. The Morgan fingerprint density at radius 3 is 2.75 bits per heavy atom. The molecule has 2 aromatic rings. The zero-order valence-electron chi connectivity index (χ0n) is 15.0. The van der Waals surface area contributed by atoms with Crippen LogP contribution >= 0.6 is 0 Å². The number of anilines is 1. The van der Waals surface area contributed by atoms with E-state index in [2.05, 4.69) is 5.32 Å². The van der Waals surface area contributed by atoms with E-state index in [1.165, 1.54) is 24.3 Å². The fourth-order valence-electron chi connectivity index (χ4n) is 3.13. The number of benzene rings is 2. The molecule has 1 fully saturated rings. The summed E-state index contributed by atoms with van der Waals surface area (Å²) in [4.78, 5) is 22.6. The second kappa shape index (κ2) is 8.30. The predicted molar refractivity (Wildman–Crippen MR) is 96.1 cm³/mol. The topological polar surface area (TPSA) is 90.7 Å². The highest BCUT2D eigenvalue weighted by Gasteiger charge is 2.31. The molecule has 7 nitrogen and oxygen atoms in total. The maximum absolute atomic E-state index is 13.6. The van der Waals surface area contributed by atoms with Gasteiger partial charge in [-0.2, -0.15) is 0 Å². The summed E-state index contributed by atoms with van der Waals surface area (Å²) in [5.74, 6) is -2.70. The van der Waals surface area contributed by atoms with Crippen LogP contribution in [0.5, 0.6) is 0 Å². The molecule has 1 saturated heterocycles. The third kappa shape index (κ3) is 4.09. The van der Waals surface area contributed by atoms with Gasteiger partial charge in [-0.1, -0.05) is 6.07 Å². The standard InChI is InChI=1S/C19H18F2N2O5/c1-2-27-19(24)13-10-12(4-6-17(13)23(25)26)22-16-7-8-28-18(16)11-3-5-14(20)15(21)9-11/h3-6,9-10,16,18,22H,2,7-8H2,1H3. The molecule has 2 atom stereocenters. The Balaban J connectivity index is 1.85. The van der Waals surface area contributed by atoms with Gasteiger partial charge in [0, 0.05) is 18.4 Å². The Hall–Kier alpha value is -3.07. The molecule has 1 aliphatic rings. The molecule has 0 aliphatic carbocycles. The second-order valence-corrected chi connectivity index (χ2v) is 6.21. The van der Waals surface area contributed by atoms with E-state index >= 15 is 0 Å². The van der Waals surface area contributed by atoms with E-state index in [4.69, 9.17) is 9.47 Å². The average Bonchev–Trinajstić information content (AvgIpc) is 3.12. The fraction of sp³-hybridized carbons (Fsp3) is 0.316. The largest absolute Gasteiger partial charge is 0.462 e. The number of hydrogen-bond acceptors (Lipinski definition) is 6. The van der Waals surface area contributed by atoms with Crippen molar-refractivity contribution in [1.29, 1.82) is 0 Å². The van der Waals surface area contributed by atoms with Crippen molar-refractivity contribution in [3.63, 3.8) is 0 Å². The maximum atomic E-state index is 13.6. The fourth-order valence-corrected chi connectivity index (χ4v) is 3.13. The lowest BCUT2D eigenvalue weighted by atomic mass is 10.0. The first-order valence-electron chi connectivity index (χ1n) is 8.69. The van der Waals surface area contributed by atoms with Crippen LogP contribution in [-0.2, 0) is 9.47 Å². The summed E-state index contributed by atoms with van der Waals surface area (Å²) < 4.78 is 37.3. The van der Waals surface area contributed by atoms with Crippen LogP contribution in [0.15, 0.2) is 36.4 Å². The Bertz CT molecular complexity index is 906. The number of rotatable bonds is 6. The molecule has 1 aliphatic heterocycles. The molecule has 148 valence electrons. The molecule has 0 amide bonds. The van der Waals surface area contributed by atoms with Gasteiger partial charge >= 0.3 is 5.97 Å². The van der Waals surface area contributed by atoms with E-state index in [1.54, 1.807) is 6.92 Å². The number of nitrogens with one attached hydrogen (secondary N) is 1. The molecule has 0 aromatic heterocycles. The Kier molecular flexibility index (Phi) is 5.84. The first-order chi connectivity index (χ1) is 13.4. The lowest BCUT2D eigenvalue weighted by Gasteiger charge is -2.21. The molecular weight excluding hydrogens is 374 g/mol. The van der Waals surface area contributed by atoms with Crippen molar-refractivity contribution < 1.29 is 28.0 Å². The summed E-state index contributed by atoms with van der Waals surface area (Å²) in [6.07, 6.45) is 0.0476. The minimum atomic E-state index is -0.966. The second-order valence-electron chi connectivity index (χ2n) is 6.21. The maximum Gasteiger partial charge on any atom is 0.345 e. The van der Waals surface area contributed by atoms with Crippen molar-refractivity contribution in [2.24, 2.45) is 0 Å². The van der Waals surface area contributed by atoms with Gasteiger partial charge in [0.05, 0.1) is 17.6 Å². The minimum absolute atomic E-state index is 0.0856. The molecule has 2 unspecified atom stereocenters. The summed E-state index contributed by atoms with van der Waals surface area (Å²) >= 11 is 0. The normalized spacial score (nSPS) is 18.7. The molecule has 0 bridgehead atoms. The van der Waals surface area contributed by atoms with E-state index in [9.17, 15) is 23.7 Å². The third-order valence-electron chi connectivity index (χ3n) is 4.40. The van der Waals surface area contributed by atoms with Crippen LogP contribution < -0.4 is 5.32 Å². The lowest BCUT2D eigenvalue weighted by Crippen LogP contribution is -2.23. The summed E-state index contributed by atoms with van der Waals surface area (Å²) in [7, 11) is 0. The van der Waals surface area contributed by atoms with Crippen LogP contribution in [0.1, 0.15) is 35.4 Å². The molecule has 1 N–H and O–H groups in total. The molecule has 1 heterocycles. The molecule has 3 rings (SSSR count). The van der Waals surface area contributed by atoms with Crippen molar-refractivity contribution in [3.05, 3.63) is 69.3 Å². The van der Waals surface area contributed by atoms with Crippen molar-refractivity contribution in [2.75, 3.05) is 18.5 Å². The molecule has 9 heteroatoms. The van der Waals surface area contributed by atoms with Gasteiger partial charge in [-0.05, 0) is 43.2 Å². The number of carbonyl (C=O) groups is 1. The highest BCUT2D eigenvalue weighted by Crippen LogP contribution is 2.33. The van der Waals surface area contributed by atoms with Crippen molar-refractivity contribution >= 4 is 17.3 Å². The van der Waals surface area contributed by atoms with Gasteiger partial charge in [-0.15, -0.1) is 0 Å². The summed E-state index contributed by atoms with van der Waals surface area (Å²) in [5.41, 5.74) is 0.405. The Labute approximate surface area is 159 Å². The number of nitro benzene ring substituents is 1. The number of halogens is 2. The molecule has 28 heavy (non-hydrogen) atoms. The van der Waals surface area contributed by atoms with E-state index in [0.717, 1.165) is 12.1 Å². The first kappa shape index (κ1) is 19.7. The Morgan fingerprint density at radius 1 is 1.29 bits per heavy atom. The van der Waals surface area contributed by atoms with Gasteiger partial charge in [0.1, 0.15) is 11.7 Å². The van der Waals surface area contributed by atoms with E-state index in [0.29, 0.717) is 24.3 Å². The Morgan fingerprint density at radius 2 is 2.07 bits per heavy atom. The number of esters is 1. The number of nitro groups is 1. The number of ether oxygens (including phenoxy) is 2. The van der Waals surface area contributed by atoms with Crippen LogP contribution in [0.3, 0.4) is 0 Å². The predicted octanol–water partition coefficient (Wildman–Crippen LogP) is 3.99. The number of carbonyl (C=O) groups excluding carboxylic acids is 1. The van der Waals surface area contributed by atoms with Crippen LogP contribution in [0.4, 0.5) is 20.2 Å². The van der Waals surface area contributed by atoms with Crippen LogP contribution in [0, 0.1) is 21.7 Å². The third-order valence-corrected chi connectivity index (χ3v) is 4.40. The molecule has 2 aromatic carbocycles. The zero-order valence-corrected chi connectivity index (χ0v) is 15.0. The smallest absolute Gasteiger partial charge is 0.345 e. The molecule has 0 spiro atoms. The van der Waals surface area contributed by atoms with E-state index in [1.807, 2.05) is 0 Å². The summed E-state index contributed by atoms with van der Waals surface area (Å²) in [6, 6.07) is 7.31. The van der Waals surface area contributed by atoms with Crippen molar-refractivity contribution in [2.45, 2.75) is 25.5 Å². The summed E-state index contributed by atoms with van der Waals surface area (Å²) in [5, 5.41) is 14.3. The average molecular weight is 392 g/mol.